The summed E-state index contributed by atoms with van der Waals surface area (Å²) in [6, 6.07) is 4.91. The molecule has 0 aliphatic heterocycles. The van der Waals surface area contributed by atoms with Crippen molar-refractivity contribution < 1.29 is 13.2 Å². The van der Waals surface area contributed by atoms with E-state index in [0.29, 0.717) is 10.7 Å². The Balaban J connectivity index is 2.52. The molecule has 0 amide bonds. The molecule has 1 rings (SSSR count). The Morgan fingerprint density at radius 1 is 1.40 bits per heavy atom. The van der Waals surface area contributed by atoms with Crippen LogP contribution < -0.4 is 10.7 Å². The largest absolute Gasteiger partial charge is 0.416 e. The van der Waals surface area contributed by atoms with E-state index in [4.69, 9.17) is 12.2 Å². The Bertz CT molecular complexity index is 472. The number of rotatable bonds is 5. The van der Waals surface area contributed by atoms with Crippen molar-refractivity contribution >= 4 is 23.5 Å². The molecule has 0 radical (unpaired) electrons. The van der Waals surface area contributed by atoms with E-state index in [9.17, 15) is 13.2 Å². The van der Waals surface area contributed by atoms with Crippen molar-refractivity contribution in [1.29, 1.82) is 0 Å². The van der Waals surface area contributed by atoms with Crippen molar-refractivity contribution in [2.24, 2.45) is 5.10 Å². The zero-order valence-electron chi connectivity index (χ0n) is 11.0. The van der Waals surface area contributed by atoms with Crippen molar-refractivity contribution in [3.63, 3.8) is 0 Å². The van der Waals surface area contributed by atoms with E-state index in [-0.39, 0.29) is 0 Å². The fourth-order valence-corrected chi connectivity index (χ4v) is 1.53. The van der Waals surface area contributed by atoms with Crippen LogP contribution in [0.5, 0.6) is 0 Å². The summed E-state index contributed by atoms with van der Waals surface area (Å²) in [4.78, 5) is 0. The summed E-state index contributed by atoms with van der Waals surface area (Å²) >= 11 is 4.95. The summed E-state index contributed by atoms with van der Waals surface area (Å²) < 4.78 is 37.5. The normalized spacial score (nSPS) is 11.6. The van der Waals surface area contributed by atoms with Crippen LogP contribution in [0.25, 0.3) is 0 Å². The second kappa shape index (κ2) is 7.84. The first-order valence-corrected chi connectivity index (χ1v) is 6.58. The molecule has 20 heavy (non-hydrogen) atoms. The number of benzene rings is 1. The molecule has 0 saturated heterocycles. The molecule has 0 aliphatic carbocycles. The molecule has 0 heterocycles. The van der Waals surface area contributed by atoms with E-state index in [2.05, 4.69) is 22.8 Å². The first kappa shape index (κ1) is 16.4. The molecule has 1 aromatic rings. The van der Waals surface area contributed by atoms with Crippen LogP contribution in [0.4, 0.5) is 13.2 Å². The Hall–Kier alpha value is -1.63. The van der Waals surface area contributed by atoms with Gasteiger partial charge in [0.2, 0.25) is 0 Å². The number of hydrogen-bond donors (Lipinski definition) is 2. The molecule has 2 N–H and O–H groups in total. The molecule has 3 nitrogen and oxygen atoms in total. The minimum atomic E-state index is -4.35. The lowest BCUT2D eigenvalue weighted by atomic mass is 10.1. The molecule has 0 fully saturated rings. The Morgan fingerprint density at radius 3 is 2.80 bits per heavy atom. The van der Waals surface area contributed by atoms with E-state index in [1.54, 1.807) is 0 Å². The van der Waals surface area contributed by atoms with Crippen LogP contribution in [-0.4, -0.2) is 17.9 Å². The highest BCUT2D eigenvalue weighted by Gasteiger charge is 2.30. The lowest BCUT2D eigenvalue weighted by Crippen LogP contribution is -2.32. The first-order valence-electron chi connectivity index (χ1n) is 6.17. The number of nitrogens with zero attached hydrogens (tertiary/aromatic N) is 1. The van der Waals surface area contributed by atoms with Crippen molar-refractivity contribution in [1.82, 2.24) is 10.7 Å². The quantitative estimate of drug-likeness (QED) is 0.379. The molecule has 0 unspecified atom stereocenters. The van der Waals surface area contributed by atoms with Crippen molar-refractivity contribution in [3.05, 3.63) is 35.4 Å². The molecule has 7 heteroatoms. The minimum Gasteiger partial charge on any atom is -0.361 e. The van der Waals surface area contributed by atoms with Gasteiger partial charge in [-0.2, -0.15) is 18.3 Å². The van der Waals surface area contributed by atoms with Gasteiger partial charge in [0.1, 0.15) is 0 Å². The Morgan fingerprint density at radius 2 is 2.15 bits per heavy atom. The van der Waals surface area contributed by atoms with Gasteiger partial charge in [-0.1, -0.05) is 25.5 Å². The summed E-state index contributed by atoms with van der Waals surface area (Å²) in [5, 5.41) is 7.08. The number of hydrogen-bond acceptors (Lipinski definition) is 2. The summed E-state index contributed by atoms with van der Waals surface area (Å²) in [5.74, 6) is 0. The average Bonchev–Trinajstić information content (AvgIpc) is 2.38. The van der Waals surface area contributed by atoms with E-state index in [1.165, 1.54) is 18.3 Å². The van der Waals surface area contributed by atoms with Crippen molar-refractivity contribution in [3.8, 4) is 0 Å². The number of thiocarbonyl (C=S) groups is 1. The van der Waals surface area contributed by atoms with Gasteiger partial charge < -0.3 is 5.32 Å². The number of halogens is 3. The third kappa shape index (κ3) is 6.01. The standard InChI is InChI=1S/C13H16F3N3S/c1-2-3-7-17-12(20)19-18-9-10-5-4-6-11(8-10)13(14,15)16/h4-6,8-9H,2-3,7H2,1H3,(H2,17,19,20)/b18-9-. The Kier molecular flexibility index (Phi) is 6.44. The monoisotopic (exact) mass is 303 g/mol. The summed E-state index contributed by atoms with van der Waals surface area (Å²) in [6.45, 7) is 2.80. The van der Waals surface area contributed by atoms with Gasteiger partial charge in [0.25, 0.3) is 0 Å². The molecule has 0 aliphatic rings. The lowest BCUT2D eigenvalue weighted by molar-refractivity contribution is -0.137. The highest BCUT2D eigenvalue weighted by atomic mass is 32.1. The van der Waals surface area contributed by atoms with Crippen LogP contribution in [0.1, 0.15) is 30.9 Å². The van der Waals surface area contributed by atoms with Crippen molar-refractivity contribution in [2.75, 3.05) is 6.54 Å². The molecule has 110 valence electrons. The van der Waals surface area contributed by atoms with Crippen LogP contribution in [0, 0.1) is 0 Å². The summed E-state index contributed by atoms with van der Waals surface area (Å²) in [7, 11) is 0. The van der Waals surface area contributed by atoms with Crippen LogP contribution in [0.15, 0.2) is 29.4 Å². The van der Waals surface area contributed by atoms with Crippen LogP contribution >= 0.6 is 12.2 Å². The molecule has 0 saturated carbocycles. The van der Waals surface area contributed by atoms with E-state index >= 15 is 0 Å². The van der Waals surface area contributed by atoms with Gasteiger partial charge in [0, 0.05) is 6.54 Å². The zero-order valence-corrected chi connectivity index (χ0v) is 11.8. The first-order chi connectivity index (χ1) is 9.43. The highest BCUT2D eigenvalue weighted by Crippen LogP contribution is 2.29. The molecular weight excluding hydrogens is 287 g/mol. The maximum Gasteiger partial charge on any atom is 0.416 e. The van der Waals surface area contributed by atoms with Gasteiger partial charge in [-0.25, -0.2) is 0 Å². The molecule has 0 atom stereocenters. The summed E-state index contributed by atoms with van der Waals surface area (Å²) in [5.41, 5.74) is 2.20. The van der Waals surface area contributed by atoms with Gasteiger partial charge in [0.05, 0.1) is 11.8 Å². The van der Waals surface area contributed by atoms with E-state index in [1.807, 2.05) is 0 Å². The second-order valence-corrected chi connectivity index (χ2v) is 4.51. The smallest absolute Gasteiger partial charge is 0.361 e. The summed E-state index contributed by atoms with van der Waals surface area (Å²) in [6.07, 6.45) is -1.03. The molecule has 0 bridgehead atoms. The molecule has 1 aromatic carbocycles. The van der Waals surface area contributed by atoms with Crippen molar-refractivity contribution in [2.45, 2.75) is 25.9 Å². The lowest BCUT2D eigenvalue weighted by Gasteiger charge is -2.07. The van der Waals surface area contributed by atoms with Gasteiger partial charge in [-0.15, -0.1) is 0 Å². The molecule has 0 aromatic heterocycles. The van der Waals surface area contributed by atoms with E-state index in [0.717, 1.165) is 31.5 Å². The van der Waals surface area contributed by atoms with Gasteiger partial charge in [-0.05, 0) is 36.3 Å². The third-order valence-corrected chi connectivity index (χ3v) is 2.65. The Labute approximate surface area is 121 Å². The van der Waals surface area contributed by atoms with Gasteiger partial charge >= 0.3 is 6.18 Å². The SMILES string of the molecule is CCCCNC(=S)N/N=C\c1cccc(C(F)(F)F)c1. The molecular formula is C13H16F3N3S. The predicted octanol–water partition coefficient (Wildman–Crippen LogP) is 3.30. The van der Waals surface area contributed by atoms with Crippen LogP contribution in [0.3, 0.4) is 0 Å². The van der Waals surface area contributed by atoms with Gasteiger partial charge in [0.15, 0.2) is 5.11 Å². The number of alkyl halides is 3. The van der Waals surface area contributed by atoms with Gasteiger partial charge in [-0.3, -0.25) is 5.43 Å². The fourth-order valence-electron chi connectivity index (χ4n) is 1.38. The average molecular weight is 303 g/mol. The maximum absolute atomic E-state index is 12.5. The minimum absolute atomic E-state index is 0.349. The second-order valence-electron chi connectivity index (χ2n) is 4.10. The number of nitrogens with one attached hydrogen (secondary N) is 2. The van der Waals surface area contributed by atoms with E-state index < -0.39 is 11.7 Å². The van der Waals surface area contributed by atoms with Crippen LogP contribution in [0.2, 0.25) is 0 Å². The number of hydrazone groups is 1. The van der Waals surface area contributed by atoms with Crippen LogP contribution in [-0.2, 0) is 6.18 Å². The zero-order chi connectivity index (χ0) is 15.0. The highest BCUT2D eigenvalue weighted by molar-refractivity contribution is 7.80. The maximum atomic E-state index is 12.5. The number of unbranched alkanes of at least 4 members (excludes halogenated alkanes) is 1. The topological polar surface area (TPSA) is 36.4 Å². The predicted molar refractivity (Wildman–Crippen MR) is 77.7 cm³/mol. The third-order valence-electron chi connectivity index (χ3n) is 2.41. The fraction of sp³-hybridized carbons (Fsp3) is 0.385. The molecule has 0 spiro atoms.